The van der Waals surface area contributed by atoms with Crippen LogP contribution < -0.4 is 29.2 Å². The number of carbonyl (C=O) groups excluding carboxylic acids is 2. The SMILES string of the molecule is COc1ccc(OC)c(N2C[C@H](C(=O)NCc3ccc4c(c3)OCO4)CC2=O)c1. The van der Waals surface area contributed by atoms with Crippen LogP contribution in [0.5, 0.6) is 23.0 Å². The van der Waals surface area contributed by atoms with Gasteiger partial charge in [-0.1, -0.05) is 6.07 Å². The van der Waals surface area contributed by atoms with Crippen LogP contribution in [0.25, 0.3) is 0 Å². The average Bonchev–Trinajstić information content (AvgIpc) is 3.37. The van der Waals surface area contributed by atoms with E-state index in [1.807, 2.05) is 18.2 Å². The van der Waals surface area contributed by atoms with E-state index in [9.17, 15) is 9.59 Å². The third kappa shape index (κ3) is 3.78. The first-order chi connectivity index (χ1) is 14.1. The van der Waals surface area contributed by atoms with Crippen molar-refractivity contribution in [3.05, 3.63) is 42.0 Å². The van der Waals surface area contributed by atoms with Gasteiger partial charge in [-0.05, 0) is 29.8 Å². The maximum absolute atomic E-state index is 12.7. The van der Waals surface area contributed by atoms with Crippen molar-refractivity contribution in [2.24, 2.45) is 5.92 Å². The third-order valence-corrected chi connectivity index (χ3v) is 5.08. The normalized spacial score (nSPS) is 17.4. The lowest BCUT2D eigenvalue weighted by atomic mass is 10.1. The Hall–Kier alpha value is -3.42. The molecule has 2 aliphatic rings. The quantitative estimate of drug-likeness (QED) is 0.802. The van der Waals surface area contributed by atoms with Crippen molar-refractivity contribution in [2.45, 2.75) is 13.0 Å². The Morgan fingerprint density at radius 1 is 1.14 bits per heavy atom. The van der Waals surface area contributed by atoms with Gasteiger partial charge in [0.15, 0.2) is 11.5 Å². The van der Waals surface area contributed by atoms with Crippen LogP contribution in [0.15, 0.2) is 36.4 Å². The smallest absolute Gasteiger partial charge is 0.231 e. The van der Waals surface area contributed by atoms with Crippen molar-refractivity contribution in [3.63, 3.8) is 0 Å². The summed E-state index contributed by atoms with van der Waals surface area (Å²) in [4.78, 5) is 26.8. The molecular weight excluding hydrogens is 376 g/mol. The van der Waals surface area contributed by atoms with Crippen LogP contribution in [-0.4, -0.2) is 39.4 Å². The number of carbonyl (C=O) groups is 2. The number of methoxy groups -OCH3 is 2. The van der Waals surface area contributed by atoms with Gasteiger partial charge in [-0.25, -0.2) is 0 Å². The molecule has 2 amide bonds. The summed E-state index contributed by atoms with van der Waals surface area (Å²) in [6, 6.07) is 10.8. The molecule has 1 atom stereocenters. The summed E-state index contributed by atoms with van der Waals surface area (Å²) in [5.74, 6) is 1.81. The fourth-order valence-electron chi connectivity index (χ4n) is 3.51. The van der Waals surface area contributed by atoms with Crippen LogP contribution in [0.3, 0.4) is 0 Å². The second-order valence-electron chi connectivity index (χ2n) is 6.85. The molecule has 0 radical (unpaired) electrons. The Bertz CT molecular complexity index is 945. The molecule has 152 valence electrons. The molecule has 1 fully saturated rings. The van der Waals surface area contributed by atoms with Gasteiger partial charge in [-0.15, -0.1) is 0 Å². The summed E-state index contributed by atoms with van der Waals surface area (Å²) in [5.41, 5.74) is 1.50. The number of nitrogens with one attached hydrogen (secondary N) is 1. The van der Waals surface area contributed by atoms with E-state index in [1.54, 1.807) is 37.3 Å². The predicted molar refractivity (Wildman–Crippen MR) is 104 cm³/mol. The molecule has 8 nitrogen and oxygen atoms in total. The number of hydrogen-bond acceptors (Lipinski definition) is 6. The van der Waals surface area contributed by atoms with Gasteiger partial charge in [0.1, 0.15) is 11.5 Å². The zero-order chi connectivity index (χ0) is 20.4. The molecule has 29 heavy (non-hydrogen) atoms. The van der Waals surface area contributed by atoms with E-state index in [-0.39, 0.29) is 31.6 Å². The highest BCUT2D eigenvalue weighted by Gasteiger charge is 2.36. The van der Waals surface area contributed by atoms with Gasteiger partial charge >= 0.3 is 0 Å². The Kier molecular flexibility index (Phi) is 5.16. The topological polar surface area (TPSA) is 86.3 Å². The van der Waals surface area contributed by atoms with Crippen molar-refractivity contribution in [1.82, 2.24) is 5.32 Å². The highest BCUT2D eigenvalue weighted by molar-refractivity contribution is 6.01. The lowest BCUT2D eigenvalue weighted by molar-refractivity contribution is -0.126. The fourth-order valence-corrected chi connectivity index (χ4v) is 3.51. The standard InChI is InChI=1S/C21H22N2O6/c1-26-15-4-6-17(27-2)16(9-15)23-11-14(8-20(23)24)21(25)22-10-13-3-5-18-19(7-13)29-12-28-18/h3-7,9,14H,8,10-12H2,1-2H3,(H,22,25)/t14-/m1/s1. The largest absolute Gasteiger partial charge is 0.497 e. The molecule has 4 rings (SSSR count). The number of benzene rings is 2. The molecule has 2 aromatic rings. The Balaban J connectivity index is 1.42. The number of anilines is 1. The maximum Gasteiger partial charge on any atom is 0.231 e. The molecule has 2 aromatic carbocycles. The van der Waals surface area contributed by atoms with Gasteiger partial charge < -0.3 is 29.2 Å². The summed E-state index contributed by atoms with van der Waals surface area (Å²) >= 11 is 0. The maximum atomic E-state index is 12.7. The first-order valence-electron chi connectivity index (χ1n) is 9.27. The lowest BCUT2D eigenvalue weighted by Gasteiger charge is -2.20. The van der Waals surface area contributed by atoms with Gasteiger partial charge in [0, 0.05) is 25.6 Å². The van der Waals surface area contributed by atoms with Crippen molar-refractivity contribution >= 4 is 17.5 Å². The van der Waals surface area contributed by atoms with E-state index >= 15 is 0 Å². The minimum Gasteiger partial charge on any atom is -0.497 e. The predicted octanol–water partition coefficient (Wildman–Crippen LogP) is 2.10. The number of ether oxygens (including phenoxy) is 4. The van der Waals surface area contributed by atoms with Gasteiger partial charge in [0.2, 0.25) is 18.6 Å². The number of rotatable bonds is 6. The van der Waals surface area contributed by atoms with Crippen molar-refractivity contribution in [3.8, 4) is 23.0 Å². The van der Waals surface area contributed by atoms with Crippen LogP contribution in [-0.2, 0) is 16.1 Å². The monoisotopic (exact) mass is 398 g/mol. The van der Waals surface area contributed by atoms with Crippen LogP contribution >= 0.6 is 0 Å². The van der Waals surface area contributed by atoms with E-state index in [1.165, 1.54) is 0 Å². The Labute approximate surface area is 168 Å². The van der Waals surface area contributed by atoms with Crippen LogP contribution in [0.4, 0.5) is 5.69 Å². The zero-order valence-corrected chi connectivity index (χ0v) is 16.3. The third-order valence-electron chi connectivity index (χ3n) is 5.08. The summed E-state index contributed by atoms with van der Waals surface area (Å²) in [6.07, 6.45) is 0.146. The van der Waals surface area contributed by atoms with E-state index in [4.69, 9.17) is 18.9 Å². The number of amides is 2. The minimum atomic E-state index is -0.438. The zero-order valence-electron chi connectivity index (χ0n) is 16.3. The van der Waals surface area contributed by atoms with Crippen molar-refractivity contribution in [1.29, 1.82) is 0 Å². The molecule has 0 saturated carbocycles. The van der Waals surface area contributed by atoms with Gasteiger partial charge in [-0.2, -0.15) is 0 Å². The molecule has 1 N–H and O–H groups in total. The van der Waals surface area contributed by atoms with Gasteiger partial charge in [0.25, 0.3) is 0 Å². The van der Waals surface area contributed by atoms with Gasteiger partial charge in [0.05, 0.1) is 25.8 Å². The highest BCUT2D eigenvalue weighted by Crippen LogP contribution is 2.36. The number of nitrogens with zero attached hydrogens (tertiary/aromatic N) is 1. The van der Waals surface area contributed by atoms with E-state index in [0.29, 0.717) is 35.2 Å². The van der Waals surface area contributed by atoms with Crippen molar-refractivity contribution in [2.75, 3.05) is 32.5 Å². The molecule has 0 aliphatic carbocycles. The van der Waals surface area contributed by atoms with Crippen LogP contribution in [0, 0.1) is 5.92 Å². The van der Waals surface area contributed by atoms with Crippen LogP contribution in [0.1, 0.15) is 12.0 Å². The molecule has 0 unspecified atom stereocenters. The lowest BCUT2D eigenvalue weighted by Crippen LogP contribution is -2.32. The average molecular weight is 398 g/mol. The molecule has 8 heteroatoms. The molecule has 0 aromatic heterocycles. The molecule has 0 bridgehead atoms. The van der Waals surface area contributed by atoms with E-state index < -0.39 is 5.92 Å². The second-order valence-corrected chi connectivity index (χ2v) is 6.85. The first kappa shape index (κ1) is 18.9. The minimum absolute atomic E-state index is 0.125. The summed E-state index contributed by atoms with van der Waals surface area (Å²) in [5, 5.41) is 2.91. The molecule has 2 heterocycles. The summed E-state index contributed by atoms with van der Waals surface area (Å²) < 4.78 is 21.3. The second kappa shape index (κ2) is 7.90. The molecule has 0 spiro atoms. The van der Waals surface area contributed by atoms with Crippen molar-refractivity contribution < 1.29 is 28.5 Å². The molecule has 2 aliphatic heterocycles. The Morgan fingerprint density at radius 3 is 2.76 bits per heavy atom. The van der Waals surface area contributed by atoms with Gasteiger partial charge in [-0.3, -0.25) is 9.59 Å². The van der Waals surface area contributed by atoms with E-state index in [0.717, 1.165) is 5.56 Å². The number of hydrogen-bond donors (Lipinski definition) is 1. The van der Waals surface area contributed by atoms with E-state index in [2.05, 4.69) is 5.32 Å². The highest BCUT2D eigenvalue weighted by atomic mass is 16.7. The fraction of sp³-hybridized carbons (Fsp3) is 0.333. The number of fused-ring (bicyclic) bond motifs is 1. The molecular formula is C21H22N2O6. The first-order valence-corrected chi connectivity index (χ1v) is 9.27. The Morgan fingerprint density at radius 2 is 1.97 bits per heavy atom. The molecule has 1 saturated heterocycles. The van der Waals surface area contributed by atoms with Crippen LogP contribution in [0.2, 0.25) is 0 Å². The summed E-state index contributed by atoms with van der Waals surface area (Å²) in [6.45, 7) is 0.844. The summed E-state index contributed by atoms with van der Waals surface area (Å²) in [7, 11) is 3.10.